The fourth-order valence-corrected chi connectivity index (χ4v) is 7.51. The molecule has 0 spiro atoms. The van der Waals surface area contributed by atoms with Crippen LogP contribution in [0.3, 0.4) is 0 Å². The number of allylic oxidation sites excluding steroid dienone is 4. The van der Waals surface area contributed by atoms with E-state index in [9.17, 15) is 15.0 Å². The van der Waals surface area contributed by atoms with Gasteiger partial charge in [-0.05, 0) is 67.4 Å². The zero-order valence-corrected chi connectivity index (χ0v) is 18.6. The summed E-state index contributed by atoms with van der Waals surface area (Å²) in [6, 6.07) is 9.24. The number of fused-ring (bicyclic) bond motifs is 5. The molecule has 5 rings (SSSR count). The van der Waals surface area contributed by atoms with E-state index in [1.807, 2.05) is 44.2 Å². The molecule has 0 aliphatic heterocycles. The Hall–Kier alpha value is -2.24. The number of halogens is 1. The molecule has 170 valence electrons. The Morgan fingerprint density at radius 1 is 1.25 bits per heavy atom. The molecule has 0 amide bonds. The summed E-state index contributed by atoms with van der Waals surface area (Å²) in [7, 11) is 0. The van der Waals surface area contributed by atoms with E-state index in [-0.39, 0.29) is 35.7 Å². The maximum absolute atomic E-state index is 15.4. The minimum atomic E-state index is -1.32. The number of carbonyl (C=O) groups is 1. The Labute approximate surface area is 188 Å². The fourth-order valence-electron chi connectivity index (χ4n) is 7.51. The molecule has 0 bridgehead atoms. The van der Waals surface area contributed by atoms with Gasteiger partial charge in [-0.3, -0.25) is 4.79 Å². The van der Waals surface area contributed by atoms with Gasteiger partial charge in [-0.25, -0.2) is 4.39 Å². The summed E-state index contributed by atoms with van der Waals surface area (Å²) in [5.41, 5.74) is -2.22. The summed E-state index contributed by atoms with van der Waals surface area (Å²) in [6.45, 7) is 8.02. The summed E-state index contributed by atoms with van der Waals surface area (Å²) in [5.74, 6) is 0.388. The van der Waals surface area contributed by atoms with E-state index < -0.39 is 28.7 Å². The molecule has 0 saturated heterocycles. The normalized spacial score (nSPS) is 44.8. The van der Waals surface area contributed by atoms with E-state index in [0.717, 1.165) is 0 Å². The number of alkyl halides is 1. The molecule has 4 nitrogen and oxygen atoms in total. The summed E-state index contributed by atoms with van der Waals surface area (Å²) < 4.78 is 21.4. The number of hydrogen-bond acceptors (Lipinski definition) is 4. The van der Waals surface area contributed by atoms with Crippen molar-refractivity contribution < 1.29 is 24.1 Å². The van der Waals surface area contributed by atoms with Crippen LogP contribution < -0.4 is 4.74 Å². The standard InChI is InChI=1S/C27H31FO4/c1-16(32-18-7-5-4-6-8-18)27(31)12-10-20-19-14-22(28)21-13-17(29)9-11-25(21,2)24(19)23(30)15-26(20,27)3/h4-9,11,13,19-20,22-24,30-31H,1,10,12,14-15H2,2-3H3/t19-,20-,22-,23-,24+,25-,26-,27-/m0/s1. The first-order valence-electron chi connectivity index (χ1n) is 11.5. The van der Waals surface area contributed by atoms with Crippen molar-refractivity contribution in [3.63, 3.8) is 0 Å². The molecular formula is C27H31FO4. The smallest absolute Gasteiger partial charge is 0.178 e. The van der Waals surface area contributed by atoms with Gasteiger partial charge in [-0.2, -0.15) is 0 Å². The molecule has 1 aromatic carbocycles. The molecule has 2 N–H and O–H groups in total. The fraction of sp³-hybridized carbons (Fsp3) is 0.519. The van der Waals surface area contributed by atoms with E-state index >= 15 is 4.39 Å². The van der Waals surface area contributed by atoms with Crippen molar-refractivity contribution in [1.82, 2.24) is 0 Å². The molecule has 8 atom stereocenters. The number of hydrogen-bond donors (Lipinski definition) is 2. The molecule has 0 radical (unpaired) electrons. The van der Waals surface area contributed by atoms with Crippen LogP contribution >= 0.6 is 0 Å². The SMILES string of the molecule is C=C(Oc1ccccc1)[C@@]1(O)CC[C@H]2[C@@H]3C[C@H](F)C4=CC(=O)C=C[C@]4(C)[C@H]3[C@@H](O)C[C@@]21C. The summed E-state index contributed by atoms with van der Waals surface area (Å²) in [6.07, 6.45) is 4.53. The second kappa shape index (κ2) is 7.13. The largest absolute Gasteiger partial charge is 0.459 e. The summed E-state index contributed by atoms with van der Waals surface area (Å²) >= 11 is 0. The van der Waals surface area contributed by atoms with Gasteiger partial charge in [0.25, 0.3) is 0 Å². The molecule has 5 heteroatoms. The maximum atomic E-state index is 15.4. The number of aliphatic hydroxyl groups is 2. The highest BCUT2D eigenvalue weighted by Crippen LogP contribution is 2.68. The molecular weight excluding hydrogens is 407 g/mol. The first kappa shape index (κ1) is 21.6. The van der Waals surface area contributed by atoms with E-state index in [2.05, 4.69) is 6.58 Å². The Kier molecular flexibility index (Phi) is 4.81. The lowest BCUT2D eigenvalue weighted by Crippen LogP contribution is -2.61. The molecule has 0 unspecified atom stereocenters. The molecule has 3 fully saturated rings. The van der Waals surface area contributed by atoms with E-state index in [4.69, 9.17) is 4.74 Å². The van der Waals surface area contributed by atoms with Crippen LogP contribution in [0.1, 0.15) is 39.5 Å². The van der Waals surface area contributed by atoms with Gasteiger partial charge in [0.15, 0.2) is 5.78 Å². The Morgan fingerprint density at radius 3 is 2.69 bits per heavy atom. The average Bonchev–Trinajstić information content (AvgIpc) is 3.01. The van der Waals surface area contributed by atoms with Crippen LogP contribution in [-0.2, 0) is 4.79 Å². The first-order valence-corrected chi connectivity index (χ1v) is 11.5. The van der Waals surface area contributed by atoms with Gasteiger partial charge >= 0.3 is 0 Å². The van der Waals surface area contributed by atoms with Gasteiger partial charge in [-0.1, -0.05) is 44.7 Å². The van der Waals surface area contributed by atoms with Crippen molar-refractivity contribution in [2.24, 2.45) is 28.6 Å². The number of ketones is 1. The van der Waals surface area contributed by atoms with Gasteiger partial charge in [0.2, 0.25) is 0 Å². The second-order valence-electron chi connectivity index (χ2n) is 10.5. The van der Waals surface area contributed by atoms with Gasteiger partial charge < -0.3 is 14.9 Å². The summed E-state index contributed by atoms with van der Waals surface area (Å²) in [4.78, 5) is 11.9. The van der Waals surface area contributed by atoms with Crippen LogP contribution in [0.5, 0.6) is 5.75 Å². The average molecular weight is 439 g/mol. The van der Waals surface area contributed by atoms with Crippen molar-refractivity contribution in [3.8, 4) is 5.75 Å². The third-order valence-electron chi connectivity index (χ3n) is 9.07. The molecule has 4 aliphatic carbocycles. The second-order valence-corrected chi connectivity index (χ2v) is 10.5. The van der Waals surface area contributed by atoms with Crippen molar-refractivity contribution in [1.29, 1.82) is 0 Å². The predicted octanol–water partition coefficient (Wildman–Crippen LogP) is 4.54. The minimum Gasteiger partial charge on any atom is -0.459 e. The first-order chi connectivity index (χ1) is 15.1. The Morgan fingerprint density at radius 2 is 1.97 bits per heavy atom. The number of benzene rings is 1. The quantitative estimate of drug-likeness (QED) is 0.680. The third-order valence-corrected chi connectivity index (χ3v) is 9.07. The van der Waals surface area contributed by atoms with E-state index in [1.54, 1.807) is 6.08 Å². The van der Waals surface area contributed by atoms with Crippen LogP contribution in [0.25, 0.3) is 0 Å². The predicted molar refractivity (Wildman–Crippen MR) is 119 cm³/mol. The third kappa shape index (κ3) is 2.83. The highest BCUT2D eigenvalue weighted by atomic mass is 19.1. The minimum absolute atomic E-state index is 0.0136. The van der Waals surface area contributed by atoms with Crippen LogP contribution in [-0.4, -0.2) is 33.9 Å². The highest BCUT2D eigenvalue weighted by Gasteiger charge is 2.68. The number of rotatable bonds is 3. The number of aliphatic hydroxyl groups excluding tert-OH is 1. The number of carbonyl (C=O) groups excluding carboxylic acids is 1. The Balaban J connectivity index is 1.49. The Bertz CT molecular complexity index is 1020. The van der Waals surface area contributed by atoms with Crippen molar-refractivity contribution in [2.75, 3.05) is 0 Å². The van der Waals surface area contributed by atoms with Gasteiger partial charge in [0, 0.05) is 16.7 Å². The zero-order chi connectivity index (χ0) is 22.9. The van der Waals surface area contributed by atoms with Crippen LogP contribution in [0.15, 0.2) is 66.5 Å². The lowest BCUT2D eigenvalue weighted by molar-refractivity contribution is -0.163. The molecule has 0 aromatic heterocycles. The molecule has 4 aliphatic rings. The molecule has 0 heterocycles. The van der Waals surface area contributed by atoms with E-state index in [1.165, 1.54) is 12.2 Å². The van der Waals surface area contributed by atoms with Crippen molar-refractivity contribution >= 4 is 5.78 Å². The number of ether oxygens (including phenoxy) is 1. The molecule has 1 aromatic rings. The molecule has 32 heavy (non-hydrogen) atoms. The van der Waals surface area contributed by atoms with Crippen LogP contribution in [0.4, 0.5) is 4.39 Å². The van der Waals surface area contributed by atoms with Crippen LogP contribution in [0.2, 0.25) is 0 Å². The monoisotopic (exact) mass is 438 g/mol. The van der Waals surface area contributed by atoms with Crippen molar-refractivity contribution in [3.05, 3.63) is 66.5 Å². The van der Waals surface area contributed by atoms with Gasteiger partial charge in [0.1, 0.15) is 23.3 Å². The van der Waals surface area contributed by atoms with Crippen LogP contribution in [0, 0.1) is 28.6 Å². The summed E-state index contributed by atoms with van der Waals surface area (Å²) in [5, 5.41) is 23.3. The van der Waals surface area contributed by atoms with E-state index in [0.29, 0.717) is 30.6 Å². The van der Waals surface area contributed by atoms with Gasteiger partial charge in [-0.15, -0.1) is 0 Å². The zero-order valence-electron chi connectivity index (χ0n) is 18.6. The topological polar surface area (TPSA) is 66.8 Å². The number of para-hydroxylation sites is 1. The molecule has 3 saturated carbocycles. The highest BCUT2D eigenvalue weighted by molar-refractivity contribution is 6.01. The maximum Gasteiger partial charge on any atom is 0.178 e. The lowest BCUT2D eigenvalue weighted by Gasteiger charge is -2.60. The lowest BCUT2D eigenvalue weighted by atomic mass is 9.46. The van der Waals surface area contributed by atoms with Crippen molar-refractivity contribution in [2.45, 2.75) is 57.4 Å². The van der Waals surface area contributed by atoms with Gasteiger partial charge in [0.05, 0.1) is 6.10 Å².